The molecule has 10 nitrogen and oxygen atoms in total. The number of hydrogen-bond acceptors (Lipinski definition) is 8. The van der Waals surface area contributed by atoms with Crippen molar-refractivity contribution < 1.29 is 27.3 Å². The van der Waals surface area contributed by atoms with E-state index in [1.807, 2.05) is 18.2 Å². The Hall–Kier alpha value is -4.32. The fraction of sp³-hybridized carbons (Fsp3) is 0.324. The lowest BCUT2D eigenvalue weighted by Gasteiger charge is -2.36. The minimum Gasteiger partial charge on any atom is -0.573 e. The van der Waals surface area contributed by atoms with Crippen molar-refractivity contribution in [3.8, 4) is 5.75 Å². The molecule has 1 unspecified atom stereocenters. The van der Waals surface area contributed by atoms with E-state index in [4.69, 9.17) is 8.92 Å². The van der Waals surface area contributed by atoms with E-state index >= 15 is 0 Å². The minimum atomic E-state index is -4.13. The molecule has 0 aliphatic carbocycles. The van der Waals surface area contributed by atoms with Gasteiger partial charge in [0.25, 0.3) is 10.5 Å². The Balaban J connectivity index is 1.26. The number of carbonyl (C=O) groups excluding carboxylic acids is 2. The largest absolute Gasteiger partial charge is 0.573 e. The van der Waals surface area contributed by atoms with Crippen LogP contribution in [0, 0.1) is 0 Å². The normalized spacial score (nSPS) is 16.0. The number of alkyl carbamates (subject to hydrolysis) is 1. The first kappa shape index (κ1) is 32.1. The van der Waals surface area contributed by atoms with Crippen molar-refractivity contribution >= 4 is 33.3 Å². The van der Waals surface area contributed by atoms with Crippen LogP contribution in [-0.2, 0) is 37.2 Å². The fourth-order valence-electron chi connectivity index (χ4n) is 5.24. The molecule has 11 heteroatoms. The zero-order chi connectivity index (χ0) is 32.0. The molecule has 1 aromatic heterocycles. The van der Waals surface area contributed by atoms with E-state index in [2.05, 4.69) is 27.3 Å². The molecule has 1 aliphatic heterocycles. The second-order valence-corrected chi connectivity index (χ2v) is 13.5. The molecule has 1 aliphatic rings. The summed E-state index contributed by atoms with van der Waals surface area (Å²) in [4.78, 5) is 34.6. The Labute approximate surface area is 264 Å². The third-order valence-electron chi connectivity index (χ3n) is 7.40. The SMILES string of the molecule is CC(C)(C)OC(=O)N[C@@H](Cc1ccc(O[S+](=O)([O-])c2cccc3cnccc23)cc1)C(=O)N1CCN(Cc2ccccc2)CC1. The van der Waals surface area contributed by atoms with Crippen LogP contribution in [0.1, 0.15) is 31.9 Å². The molecule has 1 N–H and O–H groups in total. The second kappa shape index (κ2) is 13.8. The van der Waals surface area contributed by atoms with Crippen LogP contribution in [0.3, 0.4) is 0 Å². The van der Waals surface area contributed by atoms with Gasteiger partial charge in [-0.3, -0.25) is 18.9 Å². The zero-order valence-corrected chi connectivity index (χ0v) is 26.5. The van der Waals surface area contributed by atoms with Crippen LogP contribution < -0.4 is 9.50 Å². The Morgan fingerprint density at radius 1 is 0.933 bits per heavy atom. The molecule has 2 atom stereocenters. The maximum atomic E-state index is 13.7. The molecule has 2 heterocycles. The summed E-state index contributed by atoms with van der Waals surface area (Å²) in [5.41, 5.74) is 1.20. The van der Waals surface area contributed by atoms with Crippen molar-refractivity contribution in [2.75, 3.05) is 26.2 Å². The Morgan fingerprint density at radius 2 is 1.64 bits per heavy atom. The number of benzene rings is 3. The summed E-state index contributed by atoms with van der Waals surface area (Å²) in [5, 5.41) is 3.96. The van der Waals surface area contributed by atoms with Gasteiger partial charge < -0.3 is 19.5 Å². The molecule has 45 heavy (non-hydrogen) atoms. The van der Waals surface area contributed by atoms with Crippen molar-refractivity contribution in [2.24, 2.45) is 0 Å². The number of fused-ring (bicyclic) bond motifs is 1. The van der Waals surface area contributed by atoms with Gasteiger partial charge in [0, 0.05) is 62.3 Å². The van der Waals surface area contributed by atoms with Gasteiger partial charge in [-0.05, 0) is 56.2 Å². The van der Waals surface area contributed by atoms with E-state index in [0.29, 0.717) is 42.5 Å². The van der Waals surface area contributed by atoms with Gasteiger partial charge >= 0.3 is 6.09 Å². The van der Waals surface area contributed by atoms with Gasteiger partial charge in [0.05, 0.1) is 0 Å². The lowest BCUT2D eigenvalue weighted by atomic mass is 10.0. The molecule has 1 saturated heterocycles. The molecular formula is C34H38N4O6S. The zero-order valence-electron chi connectivity index (χ0n) is 25.7. The highest BCUT2D eigenvalue weighted by molar-refractivity contribution is 7.93. The number of piperazine rings is 1. The van der Waals surface area contributed by atoms with Gasteiger partial charge in [-0.15, -0.1) is 0 Å². The van der Waals surface area contributed by atoms with E-state index in [1.54, 1.807) is 62.2 Å². The third kappa shape index (κ3) is 8.65. The first-order chi connectivity index (χ1) is 21.5. The van der Waals surface area contributed by atoms with E-state index in [-0.39, 0.29) is 23.0 Å². The topological polar surface area (TPSA) is 124 Å². The Morgan fingerprint density at radius 3 is 2.33 bits per heavy atom. The maximum Gasteiger partial charge on any atom is 0.408 e. The number of carbonyl (C=O) groups is 2. The van der Waals surface area contributed by atoms with Crippen molar-refractivity contribution in [3.63, 3.8) is 0 Å². The number of amides is 2. The molecular weight excluding hydrogens is 592 g/mol. The first-order valence-electron chi connectivity index (χ1n) is 14.9. The van der Waals surface area contributed by atoms with Gasteiger partial charge in [-0.1, -0.05) is 58.8 Å². The third-order valence-corrected chi connectivity index (χ3v) is 8.71. The summed E-state index contributed by atoms with van der Waals surface area (Å²) in [6, 6.07) is 22.3. The van der Waals surface area contributed by atoms with Crippen molar-refractivity contribution in [2.45, 2.75) is 50.3 Å². The Bertz CT molecular complexity index is 1660. The molecule has 5 rings (SSSR count). The smallest absolute Gasteiger partial charge is 0.408 e. The molecule has 2 amide bonds. The number of rotatable bonds is 9. The van der Waals surface area contributed by atoms with Crippen LogP contribution >= 0.6 is 0 Å². The lowest BCUT2D eigenvalue weighted by Crippen LogP contribution is -2.55. The van der Waals surface area contributed by atoms with E-state index in [1.165, 1.54) is 30.0 Å². The molecule has 4 aromatic rings. The van der Waals surface area contributed by atoms with Crippen molar-refractivity contribution in [1.29, 1.82) is 0 Å². The molecule has 0 spiro atoms. The van der Waals surface area contributed by atoms with Gasteiger partial charge in [0.15, 0.2) is 5.75 Å². The number of nitrogens with zero attached hydrogens (tertiary/aromatic N) is 3. The van der Waals surface area contributed by atoms with E-state index in [9.17, 15) is 18.4 Å². The summed E-state index contributed by atoms with van der Waals surface area (Å²) in [7, 11) is -4.13. The van der Waals surface area contributed by atoms with Gasteiger partial charge in [0.2, 0.25) is 10.8 Å². The quantitative estimate of drug-likeness (QED) is 0.257. The van der Waals surface area contributed by atoms with Crippen LogP contribution in [0.15, 0.2) is 96.2 Å². The summed E-state index contributed by atoms with van der Waals surface area (Å²) in [5.74, 6) is -0.0732. The number of hydrogen-bond donors (Lipinski definition) is 1. The number of nitrogens with one attached hydrogen (secondary N) is 1. The number of aromatic nitrogens is 1. The summed E-state index contributed by atoms with van der Waals surface area (Å²) >= 11 is 0. The van der Waals surface area contributed by atoms with Crippen LogP contribution in [0.2, 0.25) is 0 Å². The van der Waals surface area contributed by atoms with Gasteiger partial charge in [-0.25, -0.2) is 4.79 Å². The lowest BCUT2D eigenvalue weighted by molar-refractivity contribution is -0.135. The highest BCUT2D eigenvalue weighted by atomic mass is 32.3. The molecule has 236 valence electrons. The minimum absolute atomic E-state index is 0.0440. The molecule has 0 saturated carbocycles. The fourth-order valence-corrected chi connectivity index (χ4v) is 6.39. The van der Waals surface area contributed by atoms with E-state index < -0.39 is 28.2 Å². The van der Waals surface area contributed by atoms with Crippen LogP contribution in [0.4, 0.5) is 4.79 Å². The van der Waals surface area contributed by atoms with Gasteiger partial charge in [-0.2, -0.15) is 0 Å². The van der Waals surface area contributed by atoms with Gasteiger partial charge in [0.1, 0.15) is 11.6 Å². The first-order valence-corrected chi connectivity index (χ1v) is 16.3. The van der Waals surface area contributed by atoms with Crippen molar-refractivity contribution in [3.05, 3.63) is 102 Å². The summed E-state index contributed by atoms with van der Waals surface area (Å²) < 4.78 is 37.2. The maximum absolute atomic E-state index is 13.7. The predicted molar refractivity (Wildman–Crippen MR) is 171 cm³/mol. The average molecular weight is 631 g/mol. The number of pyridine rings is 1. The molecule has 1 fully saturated rings. The molecule has 3 aromatic carbocycles. The van der Waals surface area contributed by atoms with Crippen LogP contribution in [-0.4, -0.2) is 69.2 Å². The average Bonchev–Trinajstić information content (AvgIpc) is 3.01. The van der Waals surface area contributed by atoms with Crippen LogP contribution in [0.5, 0.6) is 5.75 Å². The van der Waals surface area contributed by atoms with Crippen molar-refractivity contribution in [1.82, 2.24) is 20.1 Å². The monoisotopic (exact) mass is 630 g/mol. The predicted octanol–water partition coefficient (Wildman–Crippen LogP) is 5.00. The van der Waals surface area contributed by atoms with Crippen LogP contribution in [0.25, 0.3) is 10.8 Å². The number of ether oxygens (including phenoxy) is 1. The highest BCUT2D eigenvalue weighted by Gasteiger charge is 2.31. The second-order valence-electron chi connectivity index (χ2n) is 12.0. The summed E-state index contributed by atoms with van der Waals surface area (Å²) in [6.07, 6.45) is 2.63. The molecule has 0 bridgehead atoms. The molecule has 0 radical (unpaired) electrons. The highest BCUT2D eigenvalue weighted by Crippen LogP contribution is 2.29. The standard InChI is InChI=1S/C34H38N4O6S/c1-34(2,3)43-33(40)36-30(32(39)38-20-18-37(19-21-38)24-26-8-5-4-6-9-26)22-25-12-14-28(15-13-25)44-45(41,42)31-11-7-10-27-23-35-17-16-29(27)31/h4-17,23,30H,18-22,24H2,1-3H3,(H-,36,40,41,42)/t30-/m0/s1. The van der Waals surface area contributed by atoms with E-state index in [0.717, 1.165) is 6.54 Å². The Kier molecular flexibility index (Phi) is 9.81. The summed E-state index contributed by atoms with van der Waals surface area (Å²) in [6.45, 7) is 8.59.